The Balaban J connectivity index is 1.40. The normalized spacial score (nSPS) is 23.4. The Bertz CT molecular complexity index is 1620. The minimum Gasteiger partial charge on any atom is -0.508 e. The fourth-order valence-electron chi connectivity index (χ4n) is 5.53. The number of phenols is 6. The molecule has 10 nitrogen and oxygen atoms in total. The molecule has 5 atom stereocenters. The molecule has 8 N–H and O–H groups in total. The maximum Gasteiger partial charge on any atom is 0.157 e. The van der Waals surface area contributed by atoms with Gasteiger partial charge in [-0.05, 0) is 52.6 Å². The van der Waals surface area contributed by atoms with Gasteiger partial charge >= 0.3 is 0 Å². The molecule has 2 heterocycles. The standard InChI is InChI=1S/C30H26O10/c31-17-11-22(36)27-25(12-17)40-30(15-2-5-19(33)21(35)9-15)28(38)26(27)13-3-6-24-16(7-13)10-23(37)29(39-24)14-1-4-18(32)20(34)8-14/h1-9,11-12,23,26,28-38H,10H2/t23-,26+,28-,29-,30-/m0/s1. The Kier molecular flexibility index (Phi) is 6.01. The molecule has 0 unspecified atom stereocenters. The number of aliphatic hydroxyl groups excluding tert-OH is 2. The van der Waals surface area contributed by atoms with Gasteiger partial charge in [0, 0.05) is 30.0 Å². The van der Waals surface area contributed by atoms with Crippen LogP contribution in [-0.4, -0.2) is 53.1 Å². The highest BCUT2D eigenvalue weighted by molar-refractivity contribution is 5.58. The topological polar surface area (TPSA) is 180 Å². The van der Waals surface area contributed by atoms with Gasteiger partial charge < -0.3 is 50.3 Å². The molecule has 0 bridgehead atoms. The van der Waals surface area contributed by atoms with Gasteiger partial charge in [0.05, 0.1) is 6.10 Å². The Morgan fingerprint density at radius 3 is 1.80 bits per heavy atom. The number of aromatic hydroxyl groups is 6. The average Bonchev–Trinajstić information content (AvgIpc) is 2.91. The monoisotopic (exact) mass is 546 g/mol. The van der Waals surface area contributed by atoms with Crippen molar-refractivity contribution in [3.8, 4) is 46.0 Å². The number of phenolic OH excluding ortho intramolecular Hbond substituents is 6. The molecule has 4 aromatic rings. The Morgan fingerprint density at radius 2 is 1.15 bits per heavy atom. The number of fused-ring (bicyclic) bond motifs is 2. The number of aliphatic hydroxyl groups is 2. The summed E-state index contributed by atoms with van der Waals surface area (Å²) in [5.74, 6) is -2.12. The molecule has 6 rings (SSSR count). The second kappa shape index (κ2) is 9.44. The van der Waals surface area contributed by atoms with Gasteiger partial charge in [-0.25, -0.2) is 0 Å². The summed E-state index contributed by atoms with van der Waals surface area (Å²) >= 11 is 0. The first-order valence-electron chi connectivity index (χ1n) is 12.5. The van der Waals surface area contributed by atoms with E-state index in [4.69, 9.17) is 9.47 Å². The number of hydrogen-bond acceptors (Lipinski definition) is 10. The van der Waals surface area contributed by atoms with Crippen molar-refractivity contribution in [2.75, 3.05) is 0 Å². The maximum atomic E-state index is 11.6. The third-order valence-electron chi connectivity index (χ3n) is 7.45. The van der Waals surface area contributed by atoms with Crippen LogP contribution in [0.5, 0.6) is 46.0 Å². The van der Waals surface area contributed by atoms with Crippen LogP contribution in [0.4, 0.5) is 0 Å². The summed E-state index contributed by atoms with van der Waals surface area (Å²) in [5.41, 5.74) is 2.30. The molecule has 2 aliphatic rings. The SMILES string of the molecule is Oc1cc(O)c2c(c1)O[C@@H](c1ccc(O)c(O)c1)[C@@H](O)[C@@H]2c1ccc2c(c1)C[C@H](O)[C@H](c1ccc(O)c(O)c1)O2. The molecule has 0 aromatic heterocycles. The van der Waals surface area contributed by atoms with Gasteiger partial charge in [-0.3, -0.25) is 0 Å². The number of benzene rings is 4. The van der Waals surface area contributed by atoms with Crippen LogP contribution in [0.25, 0.3) is 0 Å². The summed E-state index contributed by atoms with van der Waals surface area (Å²) in [6, 6.07) is 15.9. The Labute approximate surface area is 227 Å². The summed E-state index contributed by atoms with van der Waals surface area (Å²) < 4.78 is 12.0. The second-order valence-corrected chi connectivity index (χ2v) is 10.1. The first-order chi connectivity index (χ1) is 19.1. The highest BCUT2D eigenvalue weighted by atomic mass is 16.5. The molecule has 10 heteroatoms. The highest BCUT2D eigenvalue weighted by Gasteiger charge is 2.42. The third-order valence-corrected chi connectivity index (χ3v) is 7.45. The van der Waals surface area contributed by atoms with Gasteiger partial charge in [0.15, 0.2) is 29.1 Å². The largest absolute Gasteiger partial charge is 0.508 e. The van der Waals surface area contributed by atoms with Crippen LogP contribution in [-0.2, 0) is 6.42 Å². The molecule has 0 radical (unpaired) electrons. The fourth-order valence-corrected chi connectivity index (χ4v) is 5.53. The smallest absolute Gasteiger partial charge is 0.157 e. The van der Waals surface area contributed by atoms with Gasteiger partial charge in [0.2, 0.25) is 0 Å². The van der Waals surface area contributed by atoms with Gasteiger partial charge in [0.1, 0.15) is 35.2 Å². The third kappa shape index (κ3) is 4.23. The average molecular weight is 547 g/mol. The zero-order valence-corrected chi connectivity index (χ0v) is 20.8. The van der Waals surface area contributed by atoms with Crippen LogP contribution < -0.4 is 9.47 Å². The van der Waals surface area contributed by atoms with Crippen molar-refractivity contribution >= 4 is 0 Å². The lowest BCUT2D eigenvalue weighted by Crippen LogP contribution is -2.35. The molecule has 0 spiro atoms. The van der Waals surface area contributed by atoms with Crippen molar-refractivity contribution < 1.29 is 50.3 Å². The zero-order valence-electron chi connectivity index (χ0n) is 20.8. The molecular weight excluding hydrogens is 520 g/mol. The van der Waals surface area contributed by atoms with Gasteiger partial charge in [-0.15, -0.1) is 0 Å². The van der Waals surface area contributed by atoms with Crippen LogP contribution in [0.1, 0.15) is 45.9 Å². The molecule has 0 aliphatic carbocycles. The van der Waals surface area contributed by atoms with E-state index in [1.165, 1.54) is 36.4 Å². The molecule has 0 saturated carbocycles. The van der Waals surface area contributed by atoms with E-state index in [-0.39, 0.29) is 46.5 Å². The molecule has 206 valence electrons. The van der Waals surface area contributed by atoms with Crippen molar-refractivity contribution in [3.05, 3.63) is 94.5 Å². The van der Waals surface area contributed by atoms with Crippen molar-refractivity contribution in [1.29, 1.82) is 0 Å². The van der Waals surface area contributed by atoms with E-state index in [0.29, 0.717) is 28.0 Å². The Morgan fingerprint density at radius 1 is 0.550 bits per heavy atom. The summed E-state index contributed by atoms with van der Waals surface area (Å²) in [4.78, 5) is 0. The lowest BCUT2D eigenvalue weighted by atomic mass is 9.78. The van der Waals surface area contributed by atoms with Gasteiger partial charge in [-0.1, -0.05) is 24.3 Å². The van der Waals surface area contributed by atoms with E-state index in [9.17, 15) is 40.9 Å². The van der Waals surface area contributed by atoms with Crippen LogP contribution in [0.2, 0.25) is 0 Å². The van der Waals surface area contributed by atoms with E-state index >= 15 is 0 Å². The second-order valence-electron chi connectivity index (χ2n) is 10.1. The first kappa shape index (κ1) is 25.5. The number of ether oxygens (including phenoxy) is 2. The molecule has 0 saturated heterocycles. The van der Waals surface area contributed by atoms with Crippen molar-refractivity contribution in [2.24, 2.45) is 0 Å². The fraction of sp³-hybridized carbons (Fsp3) is 0.200. The number of hydrogen-bond donors (Lipinski definition) is 8. The van der Waals surface area contributed by atoms with E-state index in [2.05, 4.69) is 0 Å². The molecule has 0 fully saturated rings. The minimum atomic E-state index is -1.27. The predicted molar refractivity (Wildman–Crippen MR) is 140 cm³/mol. The molecule has 2 aliphatic heterocycles. The molecule has 4 aromatic carbocycles. The van der Waals surface area contributed by atoms with Crippen LogP contribution in [0.15, 0.2) is 66.7 Å². The summed E-state index contributed by atoms with van der Waals surface area (Å²) in [5, 5.41) is 82.7. The van der Waals surface area contributed by atoms with Crippen LogP contribution in [0.3, 0.4) is 0 Å². The van der Waals surface area contributed by atoms with Crippen LogP contribution >= 0.6 is 0 Å². The first-order valence-corrected chi connectivity index (χ1v) is 12.5. The van der Waals surface area contributed by atoms with Gasteiger partial charge in [-0.2, -0.15) is 0 Å². The van der Waals surface area contributed by atoms with E-state index in [1.807, 2.05) is 0 Å². The zero-order chi connectivity index (χ0) is 28.3. The van der Waals surface area contributed by atoms with Gasteiger partial charge in [0.25, 0.3) is 0 Å². The van der Waals surface area contributed by atoms with E-state index < -0.39 is 36.1 Å². The van der Waals surface area contributed by atoms with Crippen molar-refractivity contribution in [2.45, 2.75) is 36.8 Å². The predicted octanol–water partition coefficient (Wildman–Crippen LogP) is 3.58. The lowest BCUT2D eigenvalue weighted by Gasteiger charge is -2.38. The molecule has 0 amide bonds. The minimum absolute atomic E-state index is 0.131. The summed E-state index contributed by atoms with van der Waals surface area (Å²) in [7, 11) is 0. The van der Waals surface area contributed by atoms with Crippen molar-refractivity contribution in [1.82, 2.24) is 0 Å². The van der Waals surface area contributed by atoms with Crippen molar-refractivity contribution in [3.63, 3.8) is 0 Å². The highest BCUT2D eigenvalue weighted by Crippen LogP contribution is 2.51. The van der Waals surface area contributed by atoms with Crippen LogP contribution in [0, 0.1) is 0 Å². The van der Waals surface area contributed by atoms with E-state index in [1.54, 1.807) is 24.3 Å². The maximum absolute atomic E-state index is 11.6. The van der Waals surface area contributed by atoms with E-state index in [0.717, 1.165) is 6.07 Å². The quantitative estimate of drug-likeness (QED) is 0.177. The summed E-state index contributed by atoms with van der Waals surface area (Å²) in [6.45, 7) is 0. The lowest BCUT2D eigenvalue weighted by molar-refractivity contribution is 0.00692. The Hall–Kier alpha value is -4.80. The molecular formula is C30H26O10. The molecule has 40 heavy (non-hydrogen) atoms. The number of rotatable bonds is 3. The summed E-state index contributed by atoms with van der Waals surface area (Å²) in [6.07, 6.45) is -3.91.